The number of ether oxygens (including phenoxy) is 1. The van der Waals surface area contributed by atoms with Crippen molar-refractivity contribution < 1.29 is 9.84 Å². The van der Waals surface area contributed by atoms with Crippen molar-refractivity contribution in [2.45, 2.75) is 31.9 Å². The van der Waals surface area contributed by atoms with E-state index in [1.807, 2.05) is 6.07 Å². The highest BCUT2D eigenvalue weighted by Gasteiger charge is 2.16. The van der Waals surface area contributed by atoms with Crippen LogP contribution >= 0.6 is 11.3 Å². The Morgan fingerprint density at radius 2 is 2.37 bits per heavy atom. The molecule has 1 atom stereocenters. The Balaban J connectivity index is 1.80. The summed E-state index contributed by atoms with van der Waals surface area (Å²) in [5.41, 5.74) is 0. The van der Waals surface area contributed by atoms with E-state index in [2.05, 4.69) is 29.9 Å². The number of likely N-dealkylation sites (N-methyl/N-ethyl adjacent to an activating group) is 1. The van der Waals surface area contributed by atoms with Crippen LogP contribution in [0.5, 0.6) is 0 Å². The average molecular weight is 279 g/mol. The van der Waals surface area contributed by atoms with Crippen LogP contribution in [0.1, 0.15) is 29.0 Å². The van der Waals surface area contributed by atoms with E-state index >= 15 is 0 Å². The summed E-state index contributed by atoms with van der Waals surface area (Å²) in [6, 6.07) is 4.14. The number of nitrogens with zero attached hydrogens (tertiary/aromatic N) is 1. The van der Waals surface area contributed by atoms with E-state index in [4.69, 9.17) is 9.84 Å². The number of hydrogen-bond acceptors (Lipinski definition) is 4. The highest BCUT2D eigenvalue weighted by molar-refractivity contribution is 7.12. The van der Waals surface area contributed by atoms with Crippen molar-refractivity contribution in [2.75, 3.05) is 26.8 Å². The molecule has 19 heavy (non-hydrogen) atoms. The number of hydrogen-bond donors (Lipinski definition) is 1. The van der Waals surface area contributed by atoms with Gasteiger partial charge in [-0.05, 0) is 38.4 Å². The topological polar surface area (TPSA) is 32.7 Å². The molecule has 4 heteroatoms. The summed E-state index contributed by atoms with van der Waals surface area (Å²) >= 11 is 1.70. The Bertz CT molecular complexity index is 440. The van der Waals surface area contributed by atoms with Gasteiger partial charge in [-0.1, -0.05) is 11.8 Å². The second-order valence-corrected chi connectivity index (χ2v) is 6.08. The van der Waals surface area contributed by atoms with Gasteiger partial charge in [0.2, 0.25) is 0 Å². The first-order chi connectivity index (χ1) is 9.28. The molecule has 1 unspecified atom stereocenters. The lowest BCUT2D eigenvalue weighted by Crippen LogP contribution is -2.32. The first-order valence-corrected chi connectivity index (χ1v) is 7.58. The number of aliphatic hydroxyl groups excluding tert-OH is 1. The zero-order valence-electron chi connectivity index (χ0n) is 11.4. The van der Waals surface area contributed by atoms with Crippen LogP contribution in [0.4, 0.5) is 0 Å². The van der Waals surface area contributed by atoms with Gasteiger partial charge in [-0.3, -0.25) is 4.90 Å². The first-order valence-electron chi connectivity index (χ1n) is 6.76. The summed E-state index contributed by atoms with van der Waals surface area (Å²) < 4.78 is 5.76. The minimum absolute atomic E-state index is 0.0772. The molecule has 2 heterocycles. The van der Waals surface area contributed by atoms with Crippen LogP contribution in [0.15, 0.2) is 12.1 Å². The van der Waals surface area contributed by atoms with Crippen molar-refractivity contribution in [1.82, 2.24) is 4.90 Å². The molecule has 0 bridgehead atoms. The molecule has 1 aromatic heterocycles. The smallest absolute Gasteiger partial charge is 0.104 e. The molecule has 0 radical (unpaired) electrons. The third kappa shape index (κ3) is 4.96. The fraction of sp³-hybridized carbons (Fsp3) is 0.600. The minimum Gasteiger partial charge on any atom is -0.384 e. The maximum absolute atomic E-state index is 8.67. The van der Waals surface area contributed by atoms with E-state index in [-0.39, 0.29) is 6.61 Å². The lowest BCUT2D eigenvalue weighted by Gasteiger charge is -2.27. The molecule has 1 aliphatic rings. The maximum Gasteiger partial charge on any atom is 0.104 e. The Morgan fingerprint density at radius 3 is 3.11 bits per heavy atom. The van der Waals surface area contributed by atoms with Gasteiger partial charge in [-0.2, -0.15) is 0 Å². The van der Waals surface area contributed by atoms with Crippen LogP contribution in [0.2, 0.25) is 0 Å². The van der Waals surface area contributed by atoms with Crippen molar-refractivity contribution in [3.05, 3.63) is 21.9 Å². The van der Waals surface area contributed by atoms with E-state index < -0.39 is 0 Å². The number of rotatable bonds is 4. The molecule has 0 spiro atoms. The Morgan fingerprint density at radius 1 is 1.47 bits per heavy atom. The van der Waals surface area contributed by atoms with Gasteiger partial charge in [0.15, 0.2) is 0 Å². The van der Waals surface area contributed by atoms with Crippen LogP contribution in [0.25, 0.3) is 0 Å². The fourth-order valence-corrected chi connectivity index (χ4v) is 3.25. The molecule has 1 fully saturated rings. The lowest BCUT2D eigenvalue weighted by molar-refractivity contribution is -0.00245. The molecule has 1 saturated heterocycles. The van der Waals surface area contributed by atoms with Gasteiger partial charge in [-0.25, -0.2) is 0 Å². The molecule has 2 rings (SSSR count). The largest absolute Gasteiger partial charge is 0.384 e. The van der Waals surface area contributed by atoms with Gasteiger partial charge < -0.3 is 9.84 Å². The van der Waals surface area contributed by atoms with E-state index in [0.717, 1.165) is 24.6 Å². The van der Waals surface area contributed by atoms with Crippen LogP contribution < -0.4 is 0 Å². The zero-order valence-corrected chi connectivity index (χ0v) is 12.2. The summed E-state index contributed by atoms with van der Waals surface area (Å²) in [4.78, 5) is 4.64. The average Bonchev–Trinajstić information content (AvgIpc) is 2.85. The predicted octanol–water partition coefficient (Wildman–Crippen LogP) is 2.09. The summed E-state index contributed by atoms with van der Waals surface area (Å²) in [6.45, 7) is 2.77. The molecule has 1 N–H and O–H groups in total. The normalized spacial score (nSPS) is 19.2. The SMILES string of the molecule is CN(Cc1ccc(C#CCO)s1)CC1CCCCO1. The highest BCUT2D eigenvalue weighted by atomic mass is 32.1. The predicted molar refractivity (Wildman–Crippen MR) is 78.2 cm³/mol. The van der Waals surface area contributed by atoms with Crippen molar-refractivity contribution >= 4 is 11.3 Å². The third-order valence-electron chi connectivity index (χ3n) is 3.17. The van der Waals surface area contributed by atoms with Gasteiger partial charge >= 0.3 is 0 Å². The molecule has 0 saturated carbocycles. The third-order valence-corrected chi connectivity index (χ3v) is 4.15. The van der Waals surface area contributed by atoms with Gasteiger partial charge in [0.25, 0.3) is 0 Å². The Labute approximate surface area is 119 Å². The van der Waals surface area contributed by atoms with Crippen molar-refractivity contribution in [3.8, 4) is 11.8 Å². The molecule has 3 nitrogen and oxygen atoms in total. The quantitative estimate of drug-likeness (QED) is 0.857. The van der Waals surface area contributed by atoms with Crippen LogP contribution in [0, 0.1) is 11.8 Å². The van der Waals surface area contributed by atoms with Crippen molar-refractivity contribution in [3.63, 3.8) is 0 Å². The second kappa shape index (κ2) is 7.66. The molecular formula is C15H21NO2S. The highest BCUT2D eigenvalue weighted by Crippen LogP contribution is 2.18. The lowest BCUT2D eigenvalue weighted by atomic mass is 10.1. The number of aliphatic hydroxyl groups is 1. The minimum atomic E-state index is -0.0772. The Kier molecular flexibility index (Phi) is 5.87. The first kappa shape index (κ1) is 14.5. The van der Waals surface area contributed by atoms with Gasteiger partial charge in [0.1, 0.15) is 6.61 Å². The van der Waals surface area contributed by atoms with Crippen LogP contribution in [0.3, 0.4) is 0 Å². The standard InChI is InChI=1S/C15H21NO2S/c1-16(11-13-5-2-3-10-18-13)12-15-8-7-14(19-15)6-4-9-17/h7-8,13,17H,2-3,5,9-12H2,1H3. The second-order valence-electron chi connectivity index (χ2n) is 4.91. The molecule has 1 aliphatic heterocycles. The van der Waals surface area contributed by atoms with E-state index in [9.17, 15) is 0 Å². The Hall–Kier alpha value is -0.860. The monoisotopic (exact) mass is 279 g/mol. The molecule has 0 aromatic carbocycles. The van der Waals surface area contributed by atoms with Gasteiger partial charge in [0.05, 0.1) is 11.0 Å². The maximum atomic E-state index is 8.67. The van der Waals surface area contributed by atoms with E-state index in [1.165, 1.54) is 24.1 Å². The zero-order chi connectivity index (χ0) is 13.5. The summed E-state index contributed by atoms with van der Waals surface area (Å²) in [5.74, 6) is 5.62. The summed E-state index contributed by atoms with van der Waals surface area (Å²) in [5, 5.41) is 8.67. The van der Waals surface area contributed by atoms with E-state index in [1.54, 1.807) is 11.3 Å². The van der Waals surface area contributed by atoms with Gasteiger partial charge in [-0.15, -0.1) is 11.3 Å². The fourth-order valence-electron chi connectivity index (χ4n) is 2.29. The van der Waals surface area contributed by atoms with Crippen LogP contribution in [-0.4, -0.2) is 42.9 Å². The van der Waals surface area contributed by atoms with Crippen LogP contribution in [-0.2, 0) is 11.3 Å². The molecule has 1 aromatic rings. The molecule has 104 valence electrons. The molecule has 0 amide bonds. The number of thiophene rings is 1. The molecular weight excluding hydrogens is 258 g/mol. The van der Waals surface area contributed by atoms with E-state index in [0.29, 0.717) is 6.10 Å². The summed E-state index contributed by atoms with van der Waals surface area (Å²) in [6.07, 6.45) is 4.07. The van der Waals surface area contributed by atoms with Crippen molar-refractivity contribution in [1.29, 1.82) is 0 Å². The molecule has 0 aliphatic carbocycles. The van der Waals surface area contributed by atoms with Crippen molar-refractivity contribution in [2.24, 2.45) is 0 Å². The summed E-state index contributed by atoms with van der Waals surface area (Å²) in [7, 11) is 2.14. The van der Waals surface area contributed by atoms with Gasteiger partial charge in [0, 0.05) is 24.6 Å².